The van der Waals surface area contributed by atoms with Gasteiger partial charge in [-0.25, -0.2) is 13.1 Å². The summed E-state index contributed by atoms with van der Waals surface area (Å²) in [6.07, 6.45) is 0.569. The molecule has 0 bridgehead atoms. The molecular formula is C19H22N2O5S. The molecule has 27 heavy (non-hydrogen) atoms. The molecule has 0 fully saturated rings. The van der Waals surface area contributed by atoms with E-state index in [1.807, 2.05) is 6.07 Å². The van der Waals surface area contributed by atoms with Gasteiger partial charge in [0.2, 0.25) is 15.9 Å². The quantitative estimate of drug-likeness (QED) is 0.563. The van der Waals surface area contributed by atoms with Crippen LogP contribution in [0.4, 0.5) is 0 Å². The fourth-order valence-electron chi connectivity index (χ4n) is 2.40. The summed E-state index contributed by atoms with van der Waals surface area (Å²) in [4.78, 5) is 23.1. The fourth-order valence-corrected chi connectivity index (χ4v) is 3.43. The third-order valence-corrected chi connectivity index (χ3v) is 5.34. The van der Waals surface area contributed by atoms with E-state index in [-0.39, 0.29) is 35.3 Å². The number of nitrogens with one attached hydrogen (secondary N) is 2. The summed E-state index contributed by atoms with van der Waals surface area (Å²) in [5, 5.41) is 12.1. The lowest BCUT2D eigenvalue weighted by Gasteiger charge is -2.08. The SMILES string of the molecule is CC(=O)c1ccc(S(=O)(=O)NCCC(=O)NCCc2cccc(O)c2)cc1. The van der Waals surface area contributed by atoms with Crippen LogP contribution >= 0.6 is 0 Å². The maximum absolute atomic E-state index is 12.2. The van der Waals surface area contributed by atoms with Crippen molar-refractivity contribution in [3.63, 3.8) is 0 Å². The second-order valence-electron chi connectivity index (χ2n) is 6.00. The Morgan fingerprint density at radius 2 is 1.74 bits per heavy atom. The van der Waals surface area contributed by atoms with Crippen LogP contribution in [-0.4, -0.2) is 38.3 Å². The van der Waals surface area contributed by atoms with Gasteiger partial charge in [0, 0.05) is 25.1 Å². The molecule has 0 saturated carbocycles. The summed E-state index contributed by atoms with van der Waals surface area (Å²) in [6.45, 7) is 1.76. The number of sulfonamides is 1. The third kappa shape index (κ3) is 6.50. The van der Waals surface area contributed by atoms with Crippen molar-refractivity contribution in [2.24, 2.45) is 0 Å². The minimum Gasteiger partial charge on any atom is -0.508 e. The first-order valence-corrected chi connectivity index (χ1v) is 9.91. The van der Waals surface area contributed by atoms with E-state index >= 15 is 0 Å². The Labute approximate surface area is 158 Å². The summed E-state index contributed by atoms with van der Waals surface area (Å²) >= 11 is 0. The highest BCUT2D eigenvalue weighted by atomic mass is 32.2. The number of aromatic hydroxyl groups is 1. The number of Topliss-reactive ketones (excluding diaryl/α,β-unsaturated/α-hetero) is 1. The first-order valence-electron chi connectivity index (χ1n) is 8.43. The van der Waals surface area contributed by atoms with Crippen molar-refractivity contribution in [1.29, 1.82) is 0 Å². The van der Waals surface area contributed by atoms with Gasteiger partial charge in [0.1, 0.15) is 5.75 Å². The minimum atomic E-state index is -3.74. The number of hydrogen-bond donors (Lipinski definition) is 3. The molecule has 0 aliphatic rings. The molecule has 0 heterocycles. The monoisotopic (exact) mass is 390 g/mol. The maximum Gasteiger partial charge on any atom is 0.240 e. The molecule has 2 aromatic carbocycles. The Bertz CT molecular complexity index is 908. The van der Waals surface area contributed by atoms with Gasteiger partial charge in [-0.3, -0.25) is 9.59 Å². The normalized spacial score (nSPS) is 11.1. The zero-order valence-corrected chi connectivity index (χ0v) is 15.8. The van der Waals surface area contributed by atoms with Gasteiger partial charge >= 0.3 is 0 Å². The van der Waals surface area contributed by atoms with Gasteiger partial charge < -0.3 is 10.4 Å². The smallest absolute Gasteiger partial charge is 0.240 e. The first-order chi connectivity index (χ1) is 12.8. The van der Waals surface area contributed by atoms with Crippen LogP contribution in [0.3, 0.4) is 0 Å². The van der Waals surface area contributed by atoms with Crippen LogP contribution in [0, 0.1) is 0 Å². The van der Waals surface area contributed by atoms with Crippen LogP contribution in [0.2, 0.25) is 0 Å². The Morgan fingerprint density at radius 3 is 2.37 bits per heavy atom. The van der Waals surface area contributed by atoms with Crippen LogP contribution < -0.4 is 10.0 Å². The van der Waals surface area contributed by atoms with E-state index in [9.17, 15) is 23.1 Å². The van der Waals surface area contributed by atoms with Crippen LogP contribution in [0.5, 0.6) is 5.75 Å². The Balaban J connectivity index is 1.75. The van der Waals surface area contributed by atoms with E-state index in [4.69, 9.17) is 0 Å². The second kappa shape index (κ2) is 9.29. The predicted octanol–water partition coefficient (Wildman–Crippen LogP) is 1.62. The summed E-state index contributed by atoms with van der Waals surface area (Å²) in [7, 11) is -3.74. The molecule has 3 N–H and O–H groups in total. The Kier molecular flexibility index (Phi) is 7.09. The van der Waals surface area contributed by atoms with Crippen molar-refractivity contribution in [1.82, 2.24) is 10.0 Å². The number of ketones is 1. The average molecular weight is 390 g/mol. The van der Waals surface area contributed by atoms with Crippen molar-refractivity contribution in [2.45, 2.75) is 24.7 Å². The van der Waals surface area contributed by atoms with Gasteiger partial charge in [0.25, 0.3) is 0 Å². The molecule has 7 nitrogen and oxygen atoms in total. The lowest BCUT2D eigenvalue weighted by atomic mass is 10.1. The standard InChI is InChI=1S/C19H22N2O5S/c1-14(22)16-5-7-18(8-6-16)27(25,26)21-12-10-19(24)20-11-9-15-3-2-4-17(23)13-15/h2-8,13,21,23H,9-12H2,1H3,(H,20,24). The number of benzene rings is 2. The third-order valence-electron chi connectivity index (χ3n) is 3.86. The van der Waals surface area contributed by atoms with E-state index < -0.39 is 10.0 Å². The molecule has 2 rings (SSSR count). The summed E-state index contributed by atoms with van der Waals surface area (Å²) < 4.78 is 26.7. The van der Waals surface area contributed by atoms with E-state index in [1.54, 1.807) is 18.2 Å². The number of amides is 1. The molecule has 0 aromatic heterocycles. The van der Waals surface area contributed by atoms with Crippen molar-refractivity contribution >= 4 is 21.7 Å². The van der Waals surface area contributed by atoms with E-state index in [0.717, 1.165) is 5.56 Å². The molecule has 2 aromatic rings. The lowest BCUT2D eigenvalue weighted by molar-refractivity contribution is -0.120. The fraction of sp³-hybridized carbons (Fsp3) is 0.263. The minimum absolute atomic E-state index is 0.00476. The van der Waals surface area contributed by atoms with E-state index in [0.29, 0.717) is 18.5 Å². The molecule has 8 heteroatoms. The highest BCUT2D eigenvalue weighted by Gasteiger charge is 2.14. The van der Waals surface area contributed by atoms with Crippen LogP contribution in [-0.2, 0) is 21.2 Å². The first kappa shape index (κ1) is 20.6. The molecule has 0 saturated heterocycles. The summed E-state index contributed by atoms with van der Waals surface area (Å²) in [5.74, 6) is -0.247. The van der Waals surface area contributed by atoms with Crippen molar-refractivity contribution in [3.8, 4) is 5.75 Å². The lowest BCUT2D eigenvalue weighted by Crippen LogP contribution is -2.31. The molecular weight excluding hydrogens is 368 g/mol. The summed E-state index contributed by atoms with van der Waals surface area (Å²) in [6, 6.07) is 12.4. The predicted molar refractivity (Wildman–Crippen MR) is 101 cm³/mol. The Hall–Kier alpha value is -2.71. The topological polar surface area (TPSA) is 113 Å². The largest absolute Gasteiger partial charge is 0.508 e. The maximum atomic E-state index is 12.2. The summed E-state index contributed by atoms with van der Waals surface area (Å²) in [5.41, 5.74) is 1.32. The molecule has 0 aliphatic heterocycles. The van der Waals surface area contributed by atoms with Crippen molar-refractivity contribution in [2.75, 3.05) is 13.1 Å². The number of carbonyl (C=O) groups excluding carboxylic acids is 2. The molecule has 0 unspecified atom stereocenters. The molecule has 1 amide bonds. The highest BCUT2D eigenvalue weighted by molar-refractivity contribution is 7.89. The van der Waals surface area contributed by atoms with Crippen LogP contribution in [0.1, 0.15) is 29.3 Å². The van der Waals surface area contributed by atoms with Gasteiger partial charge in [-0.1, -0.05) is 24.3 Å². The van der Waals surface area contributed by atoms with Crippen molar-refractivity contribution in [3.05, 3.63) is 59.7 Å². The van der Waals surface area contributed by atoms with E-state index in [2.05, 4.69) is 10.0 Å². The van der Waals surface area contributed by atoms with Crippen LogP contribution in [0.15, 0.2) is 53.4 Å². The molecule has 0 aliphatic carbocycles. The van der Waals surface area contributed by atoms with E-state index in [1.165, 1.54) is 31.2 Å². The number of rotatable bonds is 9. The van der Waals surface area contributed by atoms with Gasteiger partial charge in [0.05, 0.1) is 4.90 Å². The second-order valence-corrected chi connectivity index (χ2v) is 7.77. The molecule has 0 spiro atoms. The Morgan fingerprint density at radius 1 is 1.04 bits per heavy atom. The number of hydrogen-bond acceptors (Lipinski definition) is 5. The van der Waals surface area contributed by atoms with Crippen LogP contribution in [0.25, 0.3) is 0 Å². The van der Waals surface area contributed by atoms with Gasteiger partial charge in [0.15, 0.2) is 5.78 Å². The van der Waals surface area contributed by atoms with Gasteiger partial charge in [-0.15, -0.1) is 0 Å². The molecule has 0 radical (unpaired) electrons. The van der Waals surface area contributed by atoms with Crippen molar-refractivity contribution < 1.29 is 23.1 Å². The molecule has 0 atom stereocenters. The zero-order valence-electron chi connectivity index (χ0n) is 14.9. The van der Waals surface area contributed by atoms with Gasteiger partial charge in [-0.2, -0.15) is 0 Å². The van der Waals surface area contributed by atoms with Gasteiger partial charge in [-0.05, 0) is 43.2 Å². The zero-order chi connectivity index (χ0) is 19.9. The highest BCUT2D eigenvalue weighted by Crippen LogP contribution is 2.12. The number of phenolic OH excluding ortho intramolecular Hbond substituents is 1. The molecule has 144 valence electrons. The number of carbonyl (C=O) groups is 2. The average Bonchev–Trinajstić information content (AvgIpc) is 2.61. The number of phenols is 1.